The minimum Gasteiger partial charge on any atom is -0.340 e. The van der Waals surface area contributed by atoms with Crippen molar-refractivity contribution < 1.29 is 0 Å². The Labute approximate surface area is 108 Å². The van der Waals surface area contributed by atoms with Crippen LogP contribution in [-0.4, -0.2) is 34.6 Å². The van der Waals surface area contributed by atoms with E-state index in [0.717, 1.165) is 35.7 Å². The van der Waals surface area contributed by atoms with E-state index in [1.165, 1.54) is 19.3 Å². The summed E-state index contributed by atoms with van der Waals surface area (Å²) in [4.78, 5) is 11.5. The van der Waals surface area contributed by atoms with E-state index in [1.54, 1.807) is 0 Å². The van der Waals surface area contributed by atoms with Crippen LogP contribution in [0.1, 0.15) is 30.7 Å². The summed E-state index contributed by atoms with van der Waals surface area (Å²) in [6.07, 6.45) is 6.11. The molecular formula is C13H21N3S. The average Bonchev–Trinajstić information content (AvgIpc) is 2.52. The van der Waals surface area contributed by atoms with Gasteiger partial charge < -0.3 is 4.90 Å². The van der Waals surface area contributed by atoms with Gasteiger partial charge in [-0.1, -0.05) is 6.42 Å². The number of anilines is 1. The second kappa shape index (κ2) is 5.71. The zero-order chi connectivity index (χ0) is 12.3. The first-order chi connectivity index (χ1) is 8.19. The fourth-order valence-corrected chi connectivity index (χ4v) is 3.06. The standard InChI is InChI=1S/C13H21N3S/c1-10-8-11(2)15-13(14-10)16-7-5-4-6-12(9-16)17-3/h8,12H,4-7,9H2,1-3H3/t12-/m0/s1. The highest BCUT2D eigenvalue weighted by molar-refractivity contribution is 7.99. The normalized spacial score (nSPS) is 21.4. The summed E-state index contributed by atoms with van der Waals surface area (Å²) in [7, 11) is 0. The lowest BCUT2D eigenvalue weighted by Gasteiger charge is -2.24. The van der Waals surface area contributed by atoms with E-state index in [2.05, 4.69) is 21.1 Å². The topological polar surface area (TPSA) is 29.0 Å². The molecule has 1 aliphatic rings. The minimum atomic E-state index is 0.724. The Bertz CT molecular complexity index is 361. The Hall–Kier alpha value is -0.770. The Morgan fingerprint density at radius 1 is 1.24 bits per heavy atom. The minimum absolute atomic E-state index is 0.724. The van der Waals surface area contributed by atoms with Gasteiger partial charge >= 0.3 is 0 Å². The van der Waals surface area contributed by atoms with Crippen LogP contribution in [0.4, 0.5) is 5.95 Å². The molecule has 0 spiro atoms. The molecule has 2 rings (SSSR count). The monoisotopic (exact) mass is 251 g/mol. The molecule has 0 amide bonds. The highest BCUT2D eigenvalue weighted by Gasteiger charge is 2.19. The molecular weight excluding hydrogens is 230 g/mol. The summed E-state index contributed by atoms with van der Waals surface area (Å²) < 4.78 is 0. The van der Waals surface area contributed by atoms with Gasteiger partial charge in [0.2, 0.25) is 5.95 Å². The van der Waals surface area contributed by atoms with Crippen LogP contribution in [0, 0.1) is 13.8 Å². The smallest absolute Gasteiger partial charge is 0.225 e. The molecule has 3 nitrogen and oxygen atoms in total. The first-order valence-electron chi connectivity index (χ1n) is 6.29. The van der Waals surface area contributed by atoms with Crippen molar-refractivity contribution in [2.24, 2.45) is 0 Å². The molecule has 0 saturated carbocycles. The number of hydrogen-bond acceptors (Lipinski definition) is 4. The Kier molecular flexibility index (Phi) is 4.26. The fourth-order valence-electron chi connectivity index (χ4n) is 2.33. The third-order valence-corrected chi connectivity index (χ3v) is 4.27. The summed E-state index contributed by atoms with van der Waals surface area (Å²) in [5, 5.41) is 0.724. The zero-order valence-corrected chi connectivity index (χ0v) is 11.8. The van der Waals surface area contributed by atoms with Crippen LogP contribution >= 0.6 is 11.8 Å². The van der Waals surface area contributed by atoms with Crippen molar-refractivity contribution in [3.05, 3.63) is 17.5 Å². The molecule has 0 N–H and O–H groups in total. The van der Waals surface area contributed by atoms with Gasteiger partial charge in [0.25, 0.3) is 0 Å². The van der Waals surface area contributed by atoms with Crippen molar-refractivity contribution in [2.75, 3.05) is 24.2 Å². The highest BCUT2D eigenvalue weighted by atomic mass is 32.2. The predicted octanol–water partition coefficient (Wildman–Crippen LogP) is 2.82. The second-order valence-corrected chi connectivity index (χ2v) is 5.89. The van der Waals surface area contributed by atoms with Gasteiger partial charge in [0.05, 0.1) is 0 Å². The quantitative estimate of drug-likeness (QED) is 0.808. The van der Waals surface area contributed by atoms with Crippen molar-refractivity contribution in [3.8, 4) is 0 Å². The molecule has 1 saturated heterocycles. The highest BCUT2D eigenvalue weighted by Crippen LogP contribution is 2.22. The molecule has 0 unspecified atom stereocenters. The predicted molar refractivity (Wildman–Crippen MR) is 74.9 cm³/mol. The van der Waals surface area contributed by atoms with Gasteiger partial charge in [-0.2, -0.15) is 11.8 Å². The van der Waals surface area contributed by atoms with E-state index in [1.807, 2.05) is 31.7 Å². The van der Waals surface area contributed by atoms with Crippen LogP contribution in [-0.2, 0) is 0 Å². The molecule has 0 aromatic carbocycles. The summed E-state index contributed by atoms with van der Waals surface area (Å²) in [6.45, 7) is 6.27. The van der Waals surface area contributed by atoms with Gasteiger partial charge in [-0.25, -0.2) is 9.97 Å². The van der Waals surface area contributed by atoms with Crippen molar-refractivity contribution in [1.82, 2.24) is 9.97 Å². The lowest BCUT2D eigenvalue weighted by Crippen LogP contribution is -2.31. The van der Waals surface area contributed by atoms with Gasteiger partial charge in [-0.15, -0.1) is 0 Å². The first kappa shape index (κ1) is 12.7. The van der Waals surface area contributed by atoms with E-state index in [-0.39, 0.29) is 0 Å². The van der Waals surface area contributed by atoms with Crippen molar-refractivity contribution in [3.63, 3.8) is 0 Å². The van der Waals surface area contributed by atoms with Crippen LogP contribution in [0.15, 0.2) is 6.07 Å². The fraction of sp³-hybridized carbons (Fsp3) is 0.692. The van der Waals surface area contributed by atoms with Gasteiger partial charge in [0.1, 0.15) is 0 Å². The Morgan fingerprint density at radius 3 is 2.59 bits per heavy atom. The van der Waals surface area contributed by atoms with Gasteiger partial charge in [-0.05, 0) is 39.0 Å². The van der Waals surface area contributed by atoms with E-state index in [0.29, 0.717) is 0 Å². The molecule has 94 valence electrons. The molecule has 1 aromatic rings. The number of rotatable bonds is 2. The molecule has 2 heterocycles. The van der Waals surface area contributed by atoms with Crippen LogP contribution in [0.2, 0.25) is 0 Å². The van der Waals surface area contributed by atoms with Crippen molar-refractivity contribution >= 4 is 17.7 Å². The Morgan fingerprint density at radius 2 is 1.94 bits per heavy atom. The SMILES string of the molecule is CS[C@H]1CCCCN(c2nc(C)cc(C)n2)C1. The Balaban J connectivity index is 2.18. The van der Waals surface area contributed by atoms with Gasteiger partial charge in [0, 0.05) is 29.7 Å². The van der Waals surface area contributed by atoms with E-state index < -0.39 is 0 Å². The van der Waals surface area contributed by atoms with E-state index >= 15 is 0 Å². The molecule has 0 aliphatic carbocycles. The molecule has 1 aromatic heterocycles. The molecule has 17 heavy (non-hydrogen) atoms. The summed E-state index contributed by atoms with van der Waals surface area (Å²) in [6, 6.07) is 2.04. The maximum absolute atomic E-state index is 4.57. The maximum Gasteiger partial charge on any atom is 0.225 e. The summed E-state index contributed by atoms with van der Waals surface area (Å²) in [5.74, 6) is 0.920. The second-order valence-electron chi connectivity index (χ2n) is 4.75. The molecule has 1 aliphatic heterocycles. The zero-order valence-electron chi connectivity index (χ0n) is 10.9. The molecule has 0 radical (unpaired) electrons. The summed E-state index contributed by atoms with van der Waals surface area (Å²) >= 11 is 1.97. The number of aromatic nitrogens is 2. The lowest BCUT2D eigenvalue weighted by molar-refractivity contribution is 0.735. The first-order valence-corrected chi connectivity index (χ1v) is 7.58. The largest absolute Gasteiger partial charge is 0.340 e. The number of hydrogen-bond donors (Lipinski definition) is 0. The third kappa shape index (κ3) is 3.35. The molecule has 1 atom stereocenters. The third-order valence-electron chi connectivity index (χ3n) is 3.21. The number of thioether (sulfide) groups is 1. The number of nitrogens with zero attached hydrogens (tertiary/aromatic N) is 3. The van der Waals surface area contributed by atoms with Gasteiger partial charge in [-0.3, -0.25) is 0 Å². The summed E-state index contributed by atoms with van der Waals surface area (Å²) in [5.41, 5.74) is 2.13. The van der Waals surface area contributed by atoms with E-state index in [9.17, 15) is 0 Å². The van der Waals surface area contributed by atoms with Crippen molar-refractivity contribution in [1.29, 1.82) is 0 Å². The van der Waals surface area contributed by atoms with Crippen LogP contribution in [0.3, 0.4) is 0 Å². The van der Waals surface area contributed by atoms with Crippen LogP contribution < -0.4 is 4.90 Å². The molecule has 1 fully saturated rings. The average molecular weight is 251 g/mol. The van der Waals surface area contributed by atoms with Crippen LogP contribution in [0.25, 0.3) is 0 Å². The van der Waals surface area contributed by atoms with Gasteiger partial charge in [0.15, 0.2) is 0 Å². The van der Waals surface area contributed by atoms with Crippen LogP contribution in [0.5, 0.6) is 0 Å². The maximum atomic E-state index is 4.57. The molecule has 0 bridgehead atoms. The van der Waals surface area contributed by atoms with Crippen molar-refractivity contribution in [2.45, 2.75) is 38.4 Å². The molecule has 4 heteroatoms. The lowest BCUT2D eigenvalue weighted by atomic mass is 10.2. The number of aryl methyl sites for hydroxylation is 2. The van der Waals surface area contributed by atoms with E-state index in [4.69, 9.17) is 0 Å².